The predicted molar refractivity (Wildman–Crippen MR) is 92.2 cm³/mol. The van der Waals surface area contributed by atoms with E-state index in [1.807, 2.05) is 0 Å². The van der Waals surface area contributed by atoms with Crippen molar-refractivity contribution < 1.29 is 35.7 Å². The van der Waals surface area contributed by atoms with Crippen LogP contribution in [-0.4, -0.2) is 38.7 Å². The van der Waals surface area contributed by atoms with Gasteiger partial charge in [0.15, 0.2) is 0 Å². The second-order valence-corrected chi connectivity index (χ2v) is 6.03. The highest BCUT2D eigenvalue weighted by Gasteiger charge is 2.39. The lowest BCUT2D eigenvalue weighted by Crippen LogP contribution is -2.40. The number of nitrogens with zero attached hydrogens (tertiary/aromatic N) is 4. The average Bonchev–Trinajstić information content (AvgIpc) is 3.22. The zero-order valence-corrected chi connectivity index (χ0v) is 15.2. The molecule has 0 saturated carbocycles. The summed E-state index contributed by atoms with van der Waals surface area (Å²) < 4.78 is 79.2. The van der Waals surface area contributed by atoms with E-state index in [2.05, 4.69) is 29.9 Å². The number of rotatable bonds is 6. The standard InChI is InChI=1S/C17H12F6N6O2/c18-16(19,20)13(30)24-8-11(9-4-2-1-3-5-9)27-15-25-6-10(7-26-15)12-28-14(31-29-12)17(21,22)23/h1-7,11H,8H2,(H,24,30)(H,25,26,27). The van der Waals surface area contributed by atoms with Crippen LogP contribution in [0.5, 0.6) is 0 Å². The van der Waals surface area contributed by atoms with Crippen molar-refractivity contribution in [3.63, 3.8) is 0 Å². The lowest BCUT2D eigenvalue weighted by atomic mass is 10.1. The number of anilines is 1. The average molecular weight is 446 g/mol. The van der Waals surface area contributed by atoms with Crippen LogP contribution in [0.4, 0.5) is 32.3 Å². The van der Waals surface area contributed by atoms with E-state index in [9.17, 15) is 31.1 Å². The quantitative estimate of drug-likeness (QED) is 0.560. The molecule has 0 aliphatic heterocycles. The number of carbonyl (C=O) groups is 1. The van der Waals surface area contributed by atoms with E-state index < -0.39 is 42.6 Å². The number of aromatic nitrogens is 4. The maximum absolute atomic E-state index is 12.6. The Kier molecular flexibility index (Phi) is 6.08. The van der Waals surface area contributed by atoms with Crippen LogP contribution >= 0.6 is 0 Å². The fourth-order valence-corrected chi connectivity index (χ4v) is 2.36. The molecule has 0 bridgehead atoms. The Labute approximate surface area is 169 Å². The molecular weight excluding hydrogens is 434 g/mol. The number of carbonyl (C=O) groups excluding carboxylic acids is 1. The normalized spacial score (nSPS) is 13.0. The highest BCUT2D eigenvalue weighted by molar-refractivity contribution is 5.81. The summed E-state index contributed by atoms with van der Waals surface area (Å²) in [7, 11) is 0. The Balaban J connectivity index is 1.75. The fourth-order valence-electron chi connectivity index (χ4n) is 2.36. The van der Waals surface area contributed by atoms with Crippen molar-refractivity contribution in [2.24, 2.45) is 0 Å². The fraction of sp³-hybridized carbons (Fsp3) is 0.235. The summed E-state index contributed by atoms with van der Waals surface area (Å²) in [5.41, 5.74) is 0.553. The number of hydrogen-bond acceptors (Lipinski definition) is 7. The van der Waals surface area contributed by atoms with Crippen molar-refractivity contribution in [1.82, 2.24) is 25.4 Å². The molecule has 0 aliphatic rings. The maximum atomic E-state index is 12.6. The van der Waals surface area contributed by atoms with E-state index in [0.29, 0.717) is 5.56 Å². The van der Waals surface area contributed by atoms with Crippen molar-refractivity contribution in [3.8, 4) is 11.4 Å². The minimum absolute atomic E-state index is 0.0198. The van der Waals surface area contributed by atoms with Gasteiger partial charge in [-0.1, -0.05) is 35.5 Å². The number of halogens is 6. The van der Waals surface area contributed by atoms with Crippen LogP contribution in [0, 0.1) is 0 Å². The van der Waals surface area contributed by atoms with Gasteiger partial charge < -0.3 is 15.2 Å². The molecule has 8 nitrogen and oxygen atoms in total. The molecule has 3 rings (SSSR count). The molecule has 164 valence electrons. The van der Waals surface area contributed by atoms with Gasteiger partial charge in [0.1, 0.15) is 0 Å². The third-order valence-corrected chi connectivity index (χ3v) is 3.81. The van der Waals surface area contributed by atoms with Crippen LogP contribution in [0.3, 0.4) is 0 Å². The molecule has 0 fully saturated rings. The first-order valence-electron chi connectivity index (χ1n) is 8.44. The van der Waals surface area contributed by atoms with E-state index in [4.69, 9.17) is 0 Å². The summed E-state index contributed by atoms with van der Waals surface area (Å²) in [6.07, 6.45) is -7.63. The number of hydrogen-bond donors (Lipinski definition) is 2. The summed E-state index contributed by atoms with van der Waals surface area (Å²) >= 11 is 0. The van der Waals surface area contributed by atoms with Gasteiger partial charge in [-0.05, 0) is 5.56 Å². The van der Waals surface area contributed by atoms with Crippen molar-refractivity contribution in [2.75, 3.05) is 11.9 Å². The maximum Gasteiger partial charge on any atom is 0.471 e. The smallest absolute Gasteiger partial charge is 0.346 e. The number of amides is 1. The SMILES string of the molecule is O=C(NCC(Nc1ncc(-c2noc(C(F)(F)F)n2)cn1)c1ccccc1)C(F)(F)F. The Hall–Kier alpha value is -3.71. The summed E-state index contributed by atoms with van der Waals surface area (Å²) in [5, 5.41) is 7.74. The first kappa shape index (κ1) is 22.0. The molecular formula is C17H12F6N6O2. The second kappa shape index (κ2) is 8.57. The summed E-state index contributed by atoms with van der Waals surface area (Å²) in [5.74, 6) is -4.09. The van der Waals surface area contributed by atoms with Crippen molar-refractivity contribution >= 4 is 11.9 Å². The van der Waals surface area contributed by atoms with Crippen LogP contribution in [0.15, 0.2) is 47.2 Å². The first-order valence-corrected chi connectivity index (χ1v) is 8.44. The summed E-state index contributed by atoms with van der Waals surface area (Å²) in [4.78, 5) is 22.1. The lowest BCUT2D eigenvalue weighted by Gasteiger charge is -2.20. The van der Waals surface area contributed by atoms with Gasteiger partial charge in [-0.25, -0.2) is 9.97 Å². The topological polar surface area (TPSA) is 106 Å². The van der Waals surface area contributed by atoms with Crippen LogP contribution in [-0.2, 0) is 11.0 Å². The second-order valence-electron chi connectivity index (χ2n) is 6.03. The van der Waals surface area contributed by atoms with E-state index in [1.54, 1.807) is 35.6 Å². The largest absolute Gasteiger partial charge is 0.471 e. The van der Waals surface area contributed by atoms with Gasteiger partial charge in [-0.15, -0.1) is 0 Å². The van der Waals surface area contributed by atoms with E-state index in [1.165, 1.54) is 0 Å². The molecule has 2 aromatic heterocycles. The molecule has 3 aromatic rings. The van der Waals surface area contributed by atoms with Crippen molar-refractivity contribution in [2.45, 2.75) is 18.4 Å². The van der Waals surface area contributed by atoms with Gasteiger partial charge in [0.2, 0.25) is 11.8 Å². The lowest BCUT2D eigenvalue weighted by molar-refractivity contribution is -0.173. The van der Waals surface area contributed by atoms with Gasteiger partial charge >= 0.3 is 24.2 Å². The molecule has 0 spiro atoms. The van der Waals surface area contributed by atoms with Gasteiger partial charge in [0, 0.05) is 18.9 Å². The Morgan fingerprint density at radius 2 is 1.68 bits per heavy atom. The highest BCUT2D eigenvalue weighted by Crippen LogP contribution is 2.29. The zero-order chi connectivity index (χ0) is 22.6. The molecule has 2 N–H and O–H groups in total. The first-order chi connectivity index (χ1) is 14.5. The molecule has 0 aliphatic carbocycles. The molecule has 14 heteroatoms. The minimum Gasteiger partial charge on any atom is -0.346 e. The van der Waals surface area contributed by atoms with Crippen molar-refractivity contribution in [3.05, 3.63) is 54.2 Å². The van der Waals surface area contributed by atoms with E-state index in [-0.39, 0.29) is 11.5 Å². The Bertz CT molecular complexity index is 1020. The predicted octanol–water partition coefficient (Wildman–Crippen LogP) is 3.38. The number of nitrogens with one attached hydrogen (secondary N) is 2. The Morgan fingerprint density at radius 3 is 2.23 bits per heavy atom. The van der Waals surface area contributed by atoms with Crippen molar-refractivity contribution in [1.29, 1.82) is 0 Å². The monoisotopic (exact) mass is 446 g/mol. The molecule has 2 heterocycles. The van der Waals surface area contributed by atoms with Crippen LogP contribution in [0.1, 0.15) is 17.5 Å². The van der Waals surface area contributed by atoms with E-state index >= 15 is 0 Å². The van der Waals surface area contributed by atoms with Gasteiger partial charge in [0.05, 0.1) is 11.6 Å². The number of benzene rings is 1. The third-order valence-electron chi connectivity index (χ3n) is 3.81. The molecule has 1 aromatic carbocycles. The minimum atomic E-state index is -5.04. The van der Waals surface area contributed by atoms with Crippen LogP contribution in [0.25, 0.3) is 11.4 Å². The van der Waals surface area contributed by atoms with Crippen LogP contribution < -0.4 is 10.6 Å². The Morgan fingerprint density at radius 1 is 1.03 bits per heavy atom. The highest BCUT2D eigenvalue weighted by atomic mass is 19.4. The summed E-state index contributed by atoms with van der Waals surface area (Å²) in [6, 6.07) is 7.39. The third kappa shape index (κ3) is 5.67. The molecule has 1 amide bonds. The van der Waals surface area contributed by atoms with E-state index in [0.717, 1.165) is 12.4 Å². The van der Waals surface area contributed by atoms with Gasteiger partial charge in [-0.3, -0.25) is 4.79 Å². The van der Waals surface area contributed by atoms with Crippen LogP contribution in [0.2, 0.25) is 0 Å². The molecule has 1 atom stereocenters. The zero-order valence-electron chi connectivity index (χ0n) is 15.2. The molecule has 1 unspecified atom stereocenters. The molecule has 31 heavy (non-hydrogen) atoms. The summed E-state index contributed by atoms with van der Waals surface area (Å²) in [6.45, 7) is -0.437. The molecule has 0 saturated heterocycles. The van der Waals surface area contributed by atoms with Gasteiger partial charge in [-0.2, -0.15) is 31.3 Å². The molecule has 0 radical (unpaired) electrons. The number of alkyl halides is 6. The van der Waals surface area contributed by atoms with Gasteiger partial charge in [0.25, 0.3) is 0 Å².